The van der Waals surface area contributed by atoms with Crippen molar-refractivity contribution in [1.29, 1.82) is 0 Å². The van der Waals surface area contributed by atoms with Crippen molar-refractivity contribution in [3.63, 3.8) is 0 Å². The molecule has 0 bridgehead atoms. The Bertz CT molecular complexity index is 637. The molecule has 0 radical (unpaired) electrons. The number of hydrogen-bond donors (Lipinski definition) is 3. The number of rotatable bonds is 4. The van der Waals surface area contributed by atoms with Crippen molar-refractivity contribution in [2.75, 3.05) is 5.73 Å². The number of aryl methyl sites for hydroxylation is 2. The van der Waals surface area contributed by atoms with Gasteiger partial charge in [0.05, 0.1) is 5.75 Å². The normalized spacial score (nSPS) is 10.6. The quantitative estimate of drug-likeness (QED) is 0.264. The van der Waals surface area contributed by atoms with Gasteiger partial charge in [-0.3, -0.25) is 10.2 Å². The molecule has 1 aromatic heterocycles. The minimum Gasteiger partial charge on any atom is -0.455 e. The van der Waals surface area contributed by atoms with Crippen molar-refractivity contribution in [2.45, 2.75) is 24.5 Å². The molecule has 0 atom stereocenters. The molecule has 2 rings (SSSR count). The van der Waals surface area contributed by atoms with Gasteiger partial charge in [-0.15, -0.1) is 11.8 Å². The fourth-order valence-corrected chi connectivity index (χ4v) is 2.78. The molecule has 2 aromatic rings. The van der Waals surface area contributed by atoms with E-state index in [0.29, 0.717) is 5.75 Å². The van der Waals surface area contributed by atoms with Crippen LogP contribution in [0.4, 0.5) is 5.69 Å². The summed E-state index contributed by atoms with van der Waals surface area (Å²) in [6.45, 7) is 3.83. The van der Waals surface area contributed by atoms with Gasteiger partial charge in [0, 0.05) is 16.1 Å². The average molecular weight is 291 g/mol. The van der Waals surface area contributed by atoms with Crippen LogP contribution in [0.15, 0.2) is 33.6 Å². The summed E-state index contributed by atoms with van der Waals surface area (Å²) >= 11 is 1.64. The third-order valence-corrected chi connectivity index (χ3v) is 4.07. The smallest absolute Gasteiger partial charge is 0.301 e. The van der Waals surface area contributed by atoms with E-state index in [9.17, 15) is 4.79 Å². The molecule has 0 aliphatic heterocycles. The Hall–Kier alpha value is -1.92. The van der Waals surface area contributed by atoms with E-state index < -0.39 is 5.91 Å². The van der Waals surface area contributed by atoms with E-state index in [2.05, 4.69) is 5.43 Å². The molecule has 0 aliphatic carbocycles. The lowest BCUT2D eigenvalue weighted by atomic mass is 10.2. The number of anilines is 1. The third-order valence-electron chi connectivity index (χ3n) is 2.88. The Balaban J connectivity index is 2.09. The van der Waals surface area contributed by atoms with Crippen LogP contribution < -0.4 is 17.0 Å². The molecule has 1 amide bonds. The van der Waals surface area contributed by atoms with Crippen molar-refractivity contribution in [2.24, 2.45) is 5.84 Å². The van der Waals surface area contributed by atoms with Crippen LogP contribution in [0.1, 0.15) is 27.4 Å². The third kappa shape index (κ3) is 3.15. The van der Waals surface area contributed by atoms with E-state index in [1.54, 1.807) is 11.8 Å². The van der Waals surface area contributed by atoms with Gasteiger partial charge < -0.3 is 10.2 Å². The maximum atomic E-state index is 11.5. The van der Waals surface area contributed by atoms with Gasteiger partial charge in [0.15, 0.2) is 5.76 Å². The van der Waals surface area contributed by atoms with E-state index >= 15 is 0 Å². The average Bonchev–Trinajstić information content (AvgIpc) is 2.78. The minimum absolute atomic E-state index is 0.261. The van der Waals surface area contributed by atoms with Crippen molar-refractivity contribution in [1.82, 2.24) is 5.43 Å². The van der Waals surface area contributed by atoms with E-state index in [4.69, 9.17) is 16.0 Å². The van der Waals surface area contributed by atoms with E-state index in [1.807, 2.05) is 38.1 Å². The number of nitrogen functional groups attached to an aromatic ring is 2. The number of nitrogens with one attached hydrogen (secondary N) is 1. The molecule has 106 valence electrons. The summed E-state index contributed by atoms with van der Waals surface area (Å²) in [6.07, 6.45) is 0. The highest BCUT2D eigenvalue weighted by Crippen LogP contribution is 2.28. The topological polar surface area (TPSA) is 94.3 Å². The van der Waals surface area contributed by atoms with Gasteiger partial charge in [0.2, 0.25) is 0 Å². The summed E-state index contributed by atoms with van der Waals surface area (Å²) in [6, 6.07) is 7.64. The fourth-order valence-electron chi connectivity index (χ4n) is 1.89. The number of hydrogen-bond acceptors (Lipinski definition) is 5. The van der Waals surface area contributed by atoms with Crippen molar-refractivity contribution in [3.05, 3.63) is 46.9 Å². The van der Waals surface area contributed by atoms with Crippen LogP contribution in [0.5, 0.6) is 0 Å². The number of nitrogens with two attached hydrogens (primary N) is 2. The first-order chi connectivity index (χ1) is 9.51. The second-order valence-electron chi connectivity index (χ2n) is 4.51. The Morgan fingerprint density at radius 3 is 2.70 bits per heavy atom. The molecule has 0 saturated heterocycles. The first-order valence-corrected chi connectivity index (χ1v) is 7.09. The highest BCUT2D eigenvalue weighted by atomic mass is 32.2. The Kier molecular flexibility index (Phi) is 4.36. The second-order valence-corrected chi connectivity index (χ2v) is 5.53. The summed E-state index contributed by atoms with van der Waals surface area (Å²) in [4.78, 5) is 12.6. The lowest BCUT2D eigenvalue weighted by molar-refractivity contribution is 0.0923. The van der Waals surface area contributed by atoms with E-state index in [1.165, 1.54) is 0 Å². The van der Waals surface area contributed by atoms with Gasteiger partial charge in [-0.1, -0.05) is 0 Å². The highest BCUT2D eigenvalue weighted by Gasteiger charge is 2.14. The predicted octanol–water partition coefficient (Wildman–Crippen LogP) is 2.37. The zero-order valence-corrected chi connectivity index (χ0v) is 12.2. The second kappa shape index (κ2) is 6.02. The number of furan rings is 1. The first-order valence-electron chi connectivity index (χ1n) is 6.10. The molecule has 6 heteroatoms. The molecular weight excluding hydrogens is 274 g/mol. The molecule has 0 saturated carbocycles. The Labute approximate surface area is 121 Å². The van der Waals surface area contributed by atoms with Crippen molar-refractivity contribution >= 4 is 23.4 Å². The van der Waals surface area contributed by atoms with Crippen LogP contribution in [0.25, 0.3) is 0 Å². The number of thioether (sulfide) groups is 1. The van der Waals surface area contributed by atoms with Crippen LogP contribution in [0.2, 0.25) is 0 Å². The molecule has 1 aromatic carbocycles. The van der Waals surface area contributed by atoms with Crippen molar-refractivity contribution < 1.29 is 9.21 Å². The highest BCUT2D eigenvalue weighted by molar-refractivity contribution is 7.98. The van der Waals surface area contributed by atoms with Gasteiger partial charge in [-0.25, -0.2) is 5.84 Å². The largest absolute Gasteiger partial charge is 0.455 e. The summed E-state index contributed by atoms with van der Waals surface area (Å²) < 4.78 is 5.51. The summed E-state index contributed by atoms with van der Waals surface area (Å²) in [5.41, 5.74) is 10.4. The number of carbonyl (C=O) groups excluding carboxylic acids is 1. The molecule has 1 heterocycles. The number of benzene rings is 1. The van der Waals surface area contributed by atoms with E-state index in [-0.39, 0.29) is 5.76 Å². The van der Waals surface area contributed by atoms with Crippen LogP contribution in [-0.4, -0.2) is 5.91 Å². The van der Waals surface area contributed by atoms with Gasteiger partial charge in [-0.05, 0) is 43.7 Å². The van der Waals surface area contributed by atoms with Crippen molar-refractivity contribution in [3.8, 4) is 0 Å². The standard InChI is InChI=1S/C14H17N3O2S/c1-8-5-10(15)3-4-12(8)20-7-11-6-9(2)13(19-11)14(18)17-16/h3-6H,7,15-16H2,1-2H3,(H,17,18). The summed E-state index contributed by atoms with van der Waals surface area (Å²) in [5.74, 6) is 6.33. The molecule has 0 fully saturated rings. The monoisotopic (exact) mass is 291 g/mol. The van der Waals surface area contributed by atoms with Gasteiger partial charge in [0.1, 0.15) is 5.76 Å². The van der Waals surface area contributed by atoms with Crippen LogP contribution in [0, 0.1) is 13.8 Å². The molecule has 5 nitrogen and oxygen atoms in total. The van der Waals surface area contributed by atoms with Crippen LogP contribution >= 0.6 is 11.8 Å². The lowest BCUT2D eigenvalue weighted by Crippen LogP contribution is -2.30. The predicted molar refractivity (Wildman–Crippen MR) is 80.3 cm³/mol. The van der Waals surface area contributed by atoms with Gasteiger partial charge >= 0.3 is 5.91 Å². The molecule has 20 heavy (non-hydrogen) atoms. The zero-order chi connectivity index (χ0) is 14.7. The maximum absolute atomic E-state index is 11.5. The summed E-state index contributed by atoms with van der Waals surface area (Å²) in [5, 5.41) is 0. The first kappa shape index (κ1) is 14.5. The Morgan fingerprint density at radius 2 is 2.05 bits per heavy atom. The van der Waals surface area contributed by atoms with Crippen LogP contribution in [0.3, 0.4) is 0 Å². The molecule has 0 spiro atoms. The number of amides is 1. The van der Waals surface area contributed by atoms with E-state index in [0.717, 1.165) is 27.5 Å². The minimum atomic E-state index is -0.414. The van der Waals surface area contributed by atoms with Gasteiger partial charge in [-0.2, -0.15) is 0 Å². The summed E-state index contributed by atoms with van der Waals surface area (Å²) in [7, 11) is 0. The molecular formula is C14H17N3O2S. The fraction of sp³-hybridized carbons (Fsp3) is 0.214. The lowest BCUT2D eigenvalue weighted by Gasteiger charge is -2.05. The maximum Gasteiger partial charge on any atom is 0.301 e. The molecule has 0 unspecified atom stereocenters. The Morgan fingerprint density at radius 1 is 1.30 bits per heavy atom. The van der Waals surface area contributed by atoms with Gasteiger partial charge in [0.25, 0.3) is 0 Å². The number of carbonyl (C=O) groups is 1. The zero-order valence-electron chi connectivity index (χ0n) is 11.4. The SMILES string of the molecule is Cc1cc(N)ccc1SCc1cc(C)c(C(=O)NN)o1. The number of hydrazine groups is 1. The molecule has 0 aliphatic rings. The van der Waals surface area contributed by atoms with Crippen LogP contribution in [-0.2, 0) is 5.75 Å². The molecule has 5 N–H and O–H groups in total.